The third-order valence-corrected chi connectivity index (χ3v) is 2.72. The zero-order valence-electron chi connectivity index (χ0n) is 9.31. The molecule has 1 atom stereocenters. The molecule has 0 aromatic carbocycles. The summed E-state index contributed by atoms with van der Waals surface area (Å²) in [6.45, 7) is 4.49. The van der Waals surface area contributed by atoms with E-state index < -0.39 is 0 Å². The minimum absolute atomic E-state index is 0.00146. The van der Waals surface area contributed by atoms with E-state index >= 15 is 0 Å². The van der Waals surface area contributed by atoms with Gasteiger partial charge >= 0.3 is 0 Å². The first-order valence-corrected chi connectivity index (χ1v) is 5.33. The van der Waals surface area contributed by atoms with Gasteiger partial charge in [0.15, 0.2) is 0 Å². The lowest BCUT2D eigenvalue weighted by molar-refractivity contribution is 0.0989. The summed E-state index contributed by atoms with van der Waals surface area (Å²) < 4.78 is 5.38. The lowest BCUT2D eigenvalue weighted by atomic mass is 10.2. The van der Waals surface area contributed by atoms with Gasteiger partial charge in [-0.1, -0.05) is 0 Å². The molecule has 0 radical (unpaired) electrons. The molecule has 1 aliphatic heterocycles. The van der Waals surface area contributed by atoms with E-state index in [1.54, 1.807) is 12.3 Å². The topological polar surface area (TPSA) is 75.2 Å². The maximum atomic E-state index is 7.27. The summed E-state index contributed by atoms with van der Waals surface area (Å²) in [7, 11) is 0. The number of anilines is 1. The van der Waals surface area contributed by atoms with Gasteiger partial charge in [0, 0.05) is 12.6 Å². The fourth-order valence-corrected chi connectivity index (χ4v) is 1.83. The second kappa shape index (κ2) is 4.49. The average Bonchev–Trinajstić information content (AvgIpc) is 2.30. The smallest absolute Gasteiger partial charge is 0.141 e. The van der Waals surface area contributed by atoms with Crippen molar-refractivity contribution in [2.45, 2.75) is 13.0 Å². The molecule has 0 amide bonds. The van der Waals surface area contributed by atoms with E-state index in [0.717, 1.165) is 25.4 Å². The Morgan fingerprint density at radius 3 is 3.00 bits per heavy atom. The van der Waals surface area contributed by atoms with Crippen molar-refractivity contribution in [1.29, 1.82) is 5.41 Å². The Balaban J connectivity index is 2.17. The lowest BCUT2D eigenvalue weighted by Crippen LogP contribution is -2.43. The second-order valence-electron chi connectivity index (χ2n) is 3.93. The van der Waals surface area contributed by atoms with E-state index in [1.165, 1.54) is 0 Å². The fourth-order valence-electron chi connectivity index (χ4n) is 1.83. The van der Waals surface area contributed by atoms with Crippen LogP contribution in [0.2, 0.25) is 0 Å². The number of nitrogens with two attached hydrogens (primary N) is 1. The highest BCUT2D eigenvalue weighted by atomic mass is 16.5. The Bertz CT molecular complexity index is 376. The van der Waals surface area contributed by atoms with E-state index in [1.807, 2.05) is 6.07 Å². The molecule has 1 aromatic heterocycles. The van der Waals surface area contributed by atoms with Crippen LogP contribution in [0.5, 0.6) is 0 Å². The molecule has 0 spiro atoms. The predicted octanol–water partition coefficient (Wildman–Crippen LogP) is 0.591. The van der Waals surface area contributed by atoms with Gasteiger partial charge in [-0.2, -0.15) is 0 Å². The first-order valence-electron chi connectivity index (χ1n) is 5.33. The molecular weight excluding hydrogens is 204 g/mol. The van der Waals surface area contributed by atoms with Gasteiger partial charge in [-0.25, -0.2) is 0 Å². The van der Waals surface area contributed by atoms with Crippen LogP contribution in [-0.4, -0.2) is 36.6 Å². The Labute approximate surface area is 94.7 Å². The number of rotatable bonds is 2. The molecule has 1 aromatic rings. The number of morpholine rings is 1. The molecule has 0 bridgehead atoms. The minimum Gasteiger partial charge on any atom is -0.382 e. The van der Waals surface area contributed by atoms with Crippen LogP contribution < -0.4 is 10.6 Å². The number of nitrogen functional groups attached to an aromatic ring is 1. The number of aromatic nitrogens is 1. The van der Waals surface area contributed by atoms with Crippen LogP contribution in [-0.2, 0) is 4.74 Å². The molecule has 2 rings (SSSR count). The maximum absolute atomic E-state index is 7.27. The van der Waals surface area contributed by atoms with Crippen molar-refractivity contribution in [1.82, 2.24) is 4.98 Å². The average molecular weight is 220 g/mol. The molecule has 0 aliphatic carbocycles. The summed E-state index contributed by atoms with van der Waals surface area (Å²) in [5, 5.41) is 7.27. The van der Waals surface area contributed by atoms with E-state index in [4.69, 9.17) is 15.9 Å². The Morgan fingerprint density at radius 2 is 2.44 bits per heavy atom. The molecule has 0 saturated carbocycles. The van der Waals surface area contributed by atoms with Gasteiger partial charge in [0.1, 0.15) is 11.5 Å². The zero-order valence-corrected chi connectivity index (χ0v) is 9.31. The maximum Gasteiger partial charge on any atom is 0.141 e. The monoisotopic (exact) mass is 220 g/mol. The second-order valence-corrected chi connectivity index (χ2v) is 3.93. The summed E-state index contributed by atoms with van der Waals surface area (Å²) in [6.07, 6.45) is 1.76. The molecule has 1 fully saturated rings. The van der Waals surface area contributed by atoms with Gasteiger partial charge in [0.25, 0.3) is 0 Å². The molecule has 1 unspecified atom stereocenters. The predicted molar refractivity (Wildman–Crippen MR) is 62.9 cm³/mol. The number of nitrogens with zero attached hydrogens (tertiary/aromatic N) is 2. The SMILES string of the molecule is CC1COCCN1c1ccc(C(=N)N)nc1. The van der Waals surface area contributed by atoms with Crippen LogP contribution in [0.1, 0.15) is 12.6 Å². The molecule has 2 heterocycles. The molecule has 1 saturated heterocycles. The molecule has 5 heteroatoms. The number of ether oxygens (including phenoxy) is 1. The molecule has 86 valence electrons. The highest BCUT2D eigenvalue weighted by Crippen LogP contribution is 2.18. The van der Waals surface area contributed by atoms with Gasteiger partial charge in [0.05, 0.1) is 25.1 Å². The number of hydrogen-bond acceptors (Lipinski definition) is 4. The van der Waals surface area contributed by atoms with Gasteiger partial charge in [-0.15, -0.1) is 0 Å². The normalized spacial score (nSPS) is 20.8. The van der Waals surface area contributed by atoms with Crippen molar-refractivity contribution in [3.63, 3.8) is 0 Å². The van der Waals surface area contributed by atoms with Crippen LogP contribution >= 0.6 is 0 Å². The van der Waals surface area contributed by atoms with Gasteiger partial charge in [-0.05, 0) is 19.1 Å². The molecule has 3 N–H and O–H groups in total. The van der Waals surface area contributed by atoms with E-state index in [-0.39, 0.29) is 5.84 Å². The van der Waals surface area contributed by atoms with Gasteiger partial charge < -0.3 is 15.4 Å². The number of nitrogens with one attached hydrogen (secondary N) is 1. The summed E-state index contributed by atoms with van der Waals surface area (Å²) in [6, 6.07) is 4.09. The van der Waals surface area contributed by atoms with Crippen LogP contribution in [0, 0.1) is 5.41 Å². The van der Waals surface area contributed by atoms with E-state index in [2.05, 4.69) is 16.8 Å². The van der Waals surface area contributed by atoms with Crippen LogP contribution in [0.3, 0.4) is 0 Å². The number of hydrogen-bond donors (Lipinski definition) is 2. The highest BCUT2D eigenvalue weighted by Gasteiger charge is 2.19. The Morgan fingerprint density at radius 1 is 1.62 bits per heavy atom. The first-order chi connectivity index (χ1) is 7.68. The van der Waals surface area contributed by atoms with Crippen molar-refractivity contribution in [3.8, 4) is 0 Å². The Kier molecular flexibility index (Phi) is 3.05. The summed E-state index contributed by atoms with van der Waals surface area (Å²) in [5.41, 5.74) is 6.93. The Hall–Kier alpha value is -1.62. The van der Waals surface area contributed by atoms with Crippen molar-refractivity contribution >= 4 is 11.5 Å². The van der Waals surface area contributed by atoms with Crippen LogP contribution in [0.25, 0.3) is 0 Å². The minimum atomic E-state index is 0.00146. The molecule has 1 aliphatic rings. The van der Waals surface area contributed by atoms with Crippen molar-refractivity contribution in [2.75, 3.05) is 24.7 Å². The standard InChI is InChI=1S/C11H16N4O/c1-8-7-16-5-4-15(8)9-2-3-10(11(12)13)14-6-9/h2-3,6,8H,4-5,7H2,1H3,(H3,12,13). The largest absolute Gasteiger partial charge is 0.382 e. The van der Waals surface area contributed by atoms with Crippen molar-refractivity contribution in [3.05, 3.63) is 24.0 Å². The van der Waals surface area contributed by atoms with Crippen molar-refractivity contribution in [2.24, 2.45) is 5.73 Å². The summed E-state index contributed by atoms with van der Waals surface area (Å²) >= 11 is 0. The van der Waals surface area contributed by atoms with Crippen LogP contribution in [0.15, 0.2) is 18.3 Å². The number of amidine groups is 1. The third-order valence-electron chi connectivity index (χ3n) is 2.72. The lowest BCUT2D eigenvalue weighted by Gasteiger charge is -2.34. The first kappa shape index (κ1) is 10.9. The summed E-state index contributed by atoms with van der Waals surface area (Å²) in [5.74, 6) is 0.00146. The molecule has 5 nitrogen and oxygen atoms in total. The fraction of sp³-hybridized carbons (Fsp3) is 0.455. The van der Waals surface area contributed by atoms with Crippen LogP contribution in [0.4, 0.5) is 5.69 Å². The zero-order chi connectivity index (χ0) is 11.5. The van der Waals surface area contributed by atoms with Gasteiger partial charge in [-0.3, -0.25) is 10.4 Å². The third kappa shape index (κ3) is 2.14. The highest BCUT2D eigenvalue weighted by molar-refractivity contribution is 5.93. The number of pyridine rings is 1. The van der Waals surface area contributed by atoms with Crippen molar-refractivity contribution < 1.29 is 4.74 Å². The van der Waals surface area contributed by atoms with Gasteiger partial charge in [0.2, 0.25) is 0 Å². The van der Waals surface area contributed by atoms with E-state index in [9.17, 15) is 0 Å². The quantitative estimate of drug-likeness (QED) is 0.565. The summed E-state index contributed by atoms with van der Waals surface area (Å²) in [4.78, 5) is 6.41. The molecule has 16 heavy (non-hydrogen) atoms. The van der Waals surface area contributed by atoms with E-state index in [0.29, 0.717) is 11.7 Å². The molecular formula is C11H16N4O.